The molecule has 1 aliphatic rings. The number of nitrogens with one attached hydrogen (secondary N) is 4. The molecule has 2 unspecified atom stereocenters. The fourth-order valence-electron chi connectivity index (χ4n) is 5.96. The second-order valence-corrected chi connectivity index (χ2v) is 12.1. The zero-order valence-corrected chi connectivity index (χ0v) is 27.6. The van der Waals surface area contributed by atoms with Gasteiger partial charge in [-0.05, 0) is 91.3 Å². The van der Waals surface area contributed by atoms with E-state index < -0.39 is 12.1 Å². The molecule has 0 spiro atoms. The van der Waals surface area contributed by atoms with E-state index in [1.165, 1.54) is 6.92 Å². The van der Waals surface area contributed by atoms with Crippen molar-refractivity contribution in [3.63, 3.8) is 0 Å². The quantitative estimate of drug-likeness (QED) is 0.173. The Bertz CT molecular complexity index is 1840. The van der Waals surface area contributed by atoms with Gasteiger partial charge in [-0.15, -0.1) is 0 Å². The first-order chi connectivity index (χ1) is 22.2. The van der Waals surface area contributed by atoms with E-state index in [2.05, 4.69) is 25.9 Å². The van der Waals surface area contributed by atoms with Crippen LogP contribution < -0.4 is 35.6 Å². The van der Waals surface area contributed by atoms with Crippen LogP contribution in [0.15, 0.2) is 47.3 Å². The number of methoxy groups -OCH3 is 3. The van der Waals surface area contributed by atoms with Gasteiger partial charge in [0.2, 0.25) is 23.0 Å². The minimum atomic E-state index is -0.695. The van der Waals surface area contributed by atoms with E-state index in [1.54, 1.807) is 51.3 Å². The van der Waals surface area contributed by atoms with E-state index >= 15 is 0 Å². The molecule has 4 aromatic rings. The number of imidazole rings is 1. The third-order valence-corrected chi connectivity index (χ3v) is 8.68. The van der Waals surface area contributed by atoms with E-state index in [0.717, 1.165) is 28.0 Å². The van der Waals surface area contributed by atoms with Gasteiger partial charge in [0.1, 0.15) is 11.9 Å². The normalized spacial score (nSPS) is 14.3. The van der Waals surface area contributed by atoms with E-state index in [9.17, 15) is 14.4 Å². The van der Waals surface area contributed by atoms with Gasteiger partial charge in [0.05, 0.1) is 44.1 Å². The molecule has 1 aromatic heterocycles. The number of carbonyl (C=O) groups is 2. The average Bonchev–Trinajstić information content (AvgIpc) is 3.25. The van der Waals surface area contributed by atoms with Crippen LogP contribution in [0.25, 0.3) is 22.2 Å². The van der Waals surface area contributed by atoms with Crippen molar-refractivity contribution in [2.24, 2.45) is 0 Å². The Morgan fingerprint density at radius 2 is 1.85 bits per heavy atom. The number of amides is 2. The fourth-order valence-corrected chi connectivity index (χ4v) is 6.43. The number of hydrogen-bond donors (Lipinski definition) is 4. The van der Waals surface area contributed by atoms with Gasteiger partial charge in [-0.3, -0.25) is 14.4 Å². The summed E-state index contributed by atoms with van der Waals surface area (Å²) in [6.07, 6.45) is 3.59. The van der Waals surface area contributed by atoms with E-state index in [1.807, 2.05) is 37.4 Å². The van der Waals surface area contributed by atoms with Crippen LogP contribution >= 0.6 is 11.8 Å². The van der Waals surface area contributed by atoms with Crippen LogP contribution in [0.1, 0.15) is 42.8 Å². The molecule has 0 radical (unpaired) electrons. The smallest absolute Gasteiger partial charge is 0.246 e. The summed E-state index contributed by atoms with van der Waals surface area (Å²) in [5, 5.41) is 9.24. The van der Waals surface area contributed by atoms with Crippen LogP contribution in [-0.2, 0) is 16.0 Å². The Hall–Kier alpha value is -4.71. The first-order valence-corrected chi connectivity index (χ1v) is 16.4. The van der Waals surface area contributed by atoms with Gasteiger partial charge in [-0.25, -0.2) is 4.98 Å². The molecule has 11 nitrogen and oxygen atoms in total. The van der Waals surface area contributed by atoms with E-state index in [-0.39, 0.29) is 22.9 Å². The summed E-state index contributed by atoms with van der Waals surface area (Å²) in [4.78, 5) is 47.4. The Kier molecular flexibility index (Phi) is 10.1. The number of aromatic amines is 1. The highest BCUT2D eigenvalue weighted by Gasteiger charge is 2.30. The third kappa shape index (κ3) is 6.76. The predicted octanol–water partition coefficient (Wildman–Crippen LogP) is 5.22. The van der Waals surface area contributed by atoms with E-state index in [0.29, 0.717) is 59.1 Å². The number of aryl methyl sites for hydroxylation is 2. The van der Waals surface area contributed by atoms with Crippen molar-refractivity contribution < 1.29 is 23.8 Å². The minimum absolute atomic E-state index is 0.210. The zero-order chi connectivity index (χ0) is 33.0. The molecule has 3 aromatic carbocycles. The molecule has 12 heteroatoms. The highest BCUT2D eigenvalue weighted by molar-refractivity contribution is 7.98. The van der Waals surface area contributed by atoms with Crippen molar-refractivity contribution >= 4 is 46.0 Å². The molecule has 0 fully saturated rings. The molecule has 1 aliphatic carbocycles. The number of H-pyrrole nitrogens is 1. The molecule has 46 heavy (non-hydrogen) atoms. The summed E-state index contributed by atoms with van der Waals surface area (Å²) < 4.78 is 17.2. The SMILES string of the molecule is COc1cc2c(c(OC)c1OC)-c1ccc(NC(CCSC)C(=O)Nc3ccc4nc(C)[nH]c4c3)c(=O)cc1C(NC(C)=O)CC2. The highest BCUT2D eigenvalue weighted by atomic mass is 32.2. The number of hydrogen-bond acceptors (Lipinski definition) is 9. The summed E-state index contributed by atoms with van der Waals surface area (Å²) in [5.74, 6) is 2.43. The minimum Gasteiger partial charge on any atom is -0.493 e. The Labute approximate surface area is 271 Å². The fraction of sp³-hybridized carbons (Fsp3) is 0.353. The number of ether oxygens (including phenoxy) is 3. The predicted molar refractivity (Wildman–Crippen MR) is 183 cm³/mol. The van der Waals surface area contributed by atoms with Gasteiger partial charge in [-0.1, -0.05) is 6.07 Å². The summed E-state index contributed by atoms with van der Waals surface area (Å²) in [6, 6.07) is 11.3. The number of thioether (sulfide) groups is 1. The number of benzene rings is 2. The van der Waals surface area contributed by atoms with Crippen molar-refractivity contribution in [1.29, 1.82) is 0 Å². The summed E-state index contributed by atoms with van der Waals surface area (Å²) >= 11 is 1.61. The molecule has 2 atom stereocenters. The molecule has 4 N–H and O–H groups in total. The molecule has 0 saturated heterocycles. The molecular weight excluding hydrogens is 606 g/mol. The number of aromatic nitrogens is 2. The molecule has 2 amide bonds. The van der Waals surface area contributed by atoms with Crippen molar-refractivity contribution in [3.05, 3.63) is 69.6 Å². The van der Waals surface area contributed by atoms with Gasteiger partial charge in [0.25, 0.3) is 0 Å². The van der Waals surface area contributed by atoms with Crippen LogP contribution in [0.4, 0.5) is 11.4 Å². The lowest BCUT2D eigenvalue weighted by atomic mass is 9.95. The third-order valence-electron chi connectivity index (χ3n) is 8.04. The maximum Gasteiger partial charge on any atom is 0.246 e. The zero-order valence-electron chi connectivity index (χ0n) is 26.8. The maximum absolute atomic E-state index is 13.9. The van der Waals surface area contributed by atoms with Crippen LogP contribution in [0.3, 0.4) is 0 Å². The van der Waals surface area contributed by atoms with Gasteiger partial charge in [0.15, 0.2) is 11.5 Å². The first-order valence-electron chi connectivity index (χ1n) is 15.0. The second-order valence-electron chi connectivity index (χ2n) is 11.1. The van der Waals surface area contributed by atoms with Crippen molar-refractivity contribution in [2.75, 3.05) is 44.0 Å². The van der Waals surface area contributed by atoms with Gasteiger partial charge in [0, 0.05) is 18.2 Å². The standard InChI is InChI=1S/C34H39N5O6S/c1-18-35-25-11-8-21(16-28(25)36-18)38-34(42)27(13-14-46-6)39-26-12-9-22-23(17-29(26)41)24(37-19(2)40)10-7-20-15-30(43-3)32(44-4)33(45-5)31(20)22/h8-9,11-12,15-17,24,27H,7,10,13-14H2,1-6H3,(H,35,36)(H,37,40)(H,38,42)(H,39,41). The number of rotatable bonds is 11. The van der Waals surface area contributed by atoms with Gasteiger partial charge in [-0.2, -0.15) is 11.8 Å². The largest absolute Gasteiger partial charge is 0.493 e. The van der Waals surface area contributed by atoms with Crippen LogP contribution in [0, 0.1) is 6.92 Å². The number of carbonyl (C=O) groups excluding carboxylic acids is 2. The molecule has 1 heterocycles. The average molecular weight is 646 g/mol. The molecule has 0 saturated carbocycles. The van der Waals surface area contributed by atoms with E-state index in [4.69, 9.17) is 14.2 Å². The van der Waals surface area contributed by atoms with Gasteiger partial charge < -0.3 is 35.1 Å². The lowest BCUT2D eigenvalue weighted by molar-refractivity contribution is -0.120. The first kappa shape index (κ1) is 32.7. The van der Waals surface area contributed by atoms with Crippen LogP contribution in [0.5, 0.6) is 17.2 Å². The summed E-state index contributed by atoms with van der Waals surface area (Å²) in [7, 11) is 4.67. The van der Waals surface area contributed by atoms with Crippen LogP contribution in [-0.4, -0.2) is 61.2 Å². The topological polar surface area (TPSA) is 144 Å². The molecule has 0 aliphatic heterocycles. The maximum atomic E-state index is 13.9. The molecule has 0 bridgehead atoms. The van der Waals surface area contributed by atoms with Crippen LogP contribution in [0.2, 0.25) is 0 Å². The summed E-state index contributed by atoms with van der Waals surface area (Å²) in [5.41, 5.74) is 5.24. The van der Waals surface area contributed by atoms with Crippen molar-refractivity contribution in [1.82, 2.24) is 15.3 Å². The lowest BCUT2D eigenvalue weighted by Crippen LogP contribution is -2.36. The Morgan fingerprint density at radius 1 is 1.07 bits per heavy atom. The monoisotopic (exact) mass is 645 g/mol. The number of fused-ring (bicyclic) bond motifs is 4. The lowest BCUT2D eigenvalue weighted by Gasteiger charge is -2.19. The van der Waals surface area contributed by atoms with Crippen molar-refractivity contribution in [2.45, 2.75) is 45.2 Å². The molecular formula is C34H39N5O6S. The van der Waals surface area contributed by atoms with Crippen molar-refractivity contribution in [3.8, 4) is 28.4 Å². The number of anilines is 2. The highest BCUT2D eigenvalue weighted by Crippen LogP contribution is 2.50. The molecule has 242 valence electrons. The van der Waals surface area contributed by atoms with Gasteiger partial charge >= 0.3 is 0 Å². The number of nitrogens with zero attached hydrogens (tertiary/aromatic N) is 1. The second kappa shape index (κ2) is 14.2. The molecule has 5 rings (SSSR count). The Morgan fingerprint density at radius 3 is 2.54 bits per heavy atom. The summed E-state index contributed by atoms with van der Waals surface area (Å²) in [6.45, 7) is 3.33. The Balaban J connectivity index is 1.57.